The second kappa shape index (κ2) is 4.93. The molecule has 102 valence electrons. The molecular formula is C15H21N3O. The molecule has 4 heteroatoms. The van der Waals surface area contributed by atoms with E-state index >= 15 is 0 Å². The zero-order valence-electron chi connectivity index (χ0n) is 11.6. The van der Waals surface area contributed by atoms with Crippen molar-refractivity contribution < 1.29 is 4.79 Å². The standard InChI is InChI=1S/C15H21N3O/c1-10-3-4-11(9-16-10)15(19)18(2)14-7-12-5-6-13(8-14)17-12/h3-4,9,12-14,17H,5-8H2,1-2H3. The minimum Gasteiger partial charge on any atom is -0.339 e. The van der Waals surface area contributed by atoms with Crippen LogP contribution in [-0.4, -0.2) is 41.0 Å². The summed E-state index contributed by atoms with van der Waals surface area (Å²) >= 11 is 0. The number of piperidine rings is 1. The quantitative estimate of drug-likeness (QED) is 0.880. The first kappa shape index (κ1) is 12.6. The Bertz CT molecular complexity index is 459. The maximum absolute atomic E-state index is 12.5. The van der Waals surface area contributed by atoms with Crippen LogP contribution in [0.1, 0.15) is 41.7 Å². The second-order valence-electron chi connectivity index (χ2n) is 5.87. The largest absolute Gasteiger partial charge is 0.339 e. The smallest absolute Gasteiger partial charge is 0.255 e. The third-order valence-electron chi connectivity index (χ3n) is 4.47. The number of hydrogen-bond acceptors (Lipinski definition) is 3. The number of nitrogens with one attached hydrogen (secondary N) is 1. The van der Waals surface area contributed by atoms with Crippen LogP contribution >= 0.6 is 0 Å². The first-order chi connectivity index (χ1) is 9.13. The van der Waals surface area contributed by atoms with Gasteiger partial charge in [0.1, 0.15) is 0 Å². The van der Waals surface area contributed by atoms with Gasteiger partial charge < -0.3 is 10.2 Å². The molecule has 2 saturated heterocycles. The third-order valence-corrected chi connectivity index (χ3v) is 4.47. The zero-order chi connectivity index (χ0) is 13.4. The molecule has 0 radical (unpaired) electrons. The number of pyridine rings is 1. The first-order valence-corrected chi connectivity index (χ1v) is 7.09. The number of nitrogens with zero attached hydrogens (tertiary/aromatic N) is 2. The molecule has 2 aliphatic heterocycles. The van der Waals surface area contributed by atoms with E-state index in [4.69, 9.17) is 0 Å². The molecule has 2 fully saturated rings. The molecule has 1 N–H and O–H groups in total. The highest BCUT2D eigenvalue weighted by molar-refractivity contribution is 5.93. The van der Waals surface area contributed by atoms with Crippen molar-refractivity contribution in [1.82, 2.24) is 15.2 Å². The lowest BCUT2D eigenvalue weighted by atomic mass is 9.98. The van der Waals surface area contributed by atoms with Crippen LogP contribution in [-0.2, 0) is 0 Å². The van der Waals surface area contributed by atoms with Crippen molar-refractivity contribution in [3.63, 3.8) is 0 Å². The number of aromatic nitrogens is 1. The summed E-state index contributed by atoms with van der Waals surface area (Å²) in [5.41, 5.74) is 1.64. The molecule has 3 rings (SSSR count). The lowest BCUT2D eigenvalue weighted by Crippen LogP contribution is -2.48. The molecule has 19 heavy (non-hydrogen) atoms. The van der Waals surface area contributed by atoms with E-state index in [1.165, 1.54) is 12.8 Å². The molecule has 0 aromatic carbocycles. The predicted molar refractivity (Wildman–Crippen MR) is 74.0 cm³/mol. The average molecular weight is 259 g/mol. The Hall–Kier alpha value is -1.42. The fourth-order valence-electron chi connectivity index (χ4n) is 3.31. The molecule has 4 nitrogen and oxygen atoms in total. The van der Waals surface area contributed by atoms with Crippen LogP contribution < -0.4 is 5.32 Å². The van der Waals surface area contributed by atoms with E-state index in [9.17, 15) is 4.79 Å². The van der Waals surface area contributed by atoms with Gasteiger partial charge in [-0.05, 0) is 44.7 Å². The van der Waals surface area contributed by atoms with Crippen molar-refractivity contribution in [2.45, 2.75) is 50.7 Å². The topological polar surface area (TPSA) is 45.2 Å². The van der Waals surface area contributed by atoms with Crippen LogP contribution in [0.25, 0.3) is 0 Å². The molecule has 1 aromatic rings. The predicted octanol–water partition coefficient (Wildman–Crippen LogP) is 1.75. The summed E-state index contributed by atoms with van der Waals surface area (Å²) in [7, 11) is 1.93. The van der Waals surface area contributed by atoms with E-state index in [2.05, 4.69) is 10.3 Å². The Morgan fingerprint density at radius 1 is 1.32 bits per heavy atom. The summed E-state index contributed by atoms with van der Waals surface area (Å²) in [6.45, 7) is 1.93. The van der Waals surface area contributed by atoms with E-state index in [1.807, 2.05) is 31.0 Å². The SMILES string of the molecule is Cc1ccc(C(=O)N(C)C2CC3CCC(C2)N3)cn1. The Kier molecular flexibility index (Phi) is 3.27. The highest BCUT2D eigenvalue weighted by atomic mass is 16.2. The van der Waals surface area contributed by atoms with Crippen LogP contribution in [0.5, 0.6) is 0 Å². The van der Waals surface area contributed by atoms with E-state index in [-0.39, 0.29) is 5.91 Å². The molecule has 0 spiro atoms. The van der Waals surface area contributed by atoms with Gasteiger partial charge >= 0.3 is 0 Å². The van der Waals surface area contributed by atoms with Crippen LogP contribution in [0.2, 0.25) is 0 Å². The Morgan fingerprint density at radius 2 is 2.00 bits per heavy atom. The van der Waals surface area contributed by atoms with E-state index < -0.39 is 0 Å². The fraction of sp³-hybridized carbons (Fsp3) is 0.600. The average Bonchev–Trinajstić information content (AvgIpc) is 2.76. The van der Waals surface area contributed by atoms with Crippen molar-refractivity contribution in [1.29, 1.82) is 0 Å². The van der Waals surface area contributed by atoms with Gasteiger partial charge in [0, 0.05) is 37.1 Å². The van der Waals surface area contributed by atoms with E-state index in [0.29, 0.717) is 23.7 Å². The maximum Gasteiger partial charge on any atom is 0.255 e. The molecule has 2 unspecified atom stereocenters. The first-order valence-electron chi connectivity index (χ1n) is 7.09. The Morgan fingerprint density at radius 3 is 2.58 bits per heavy atom. The summed E-state index contributed by atoms with van der Waals surface area (Å²) in [5.74, 6) is 0.0961. The van der Waals surface area contributed by atoms with Crippen molar-refractivity contribution >= 4 is 5.91 Å². The van der Waals surface area contributed by atoms with Crippen LogP contribution in [0, 0.1) is 6.92 Å². The summed E-state index contributed by atoms with van der Waals surface area (Å²) in [6.07, 6.45) is 6.37. The van der Waals surface area contributed by atoms with Crippen molar-refractivity contribution in [2.75, 3.05) is 7.05 Å². The normalized spacial score (nSPS) is 29.3. The highest BCUT2D eigenvalue weighted by Gasteiger charge is 2.36. The number of fused-ring (bicyclic) bond motifs is 2. The van der Waals surface area contributed by atoms with Gasteiger partial charge in [-0.15, -0.1) is 0 Å². The minimum absolute atomic E-state index is 0.0961. The van der Waals surface area contributed by atoms with Crippen molar-refractivity contribution in [3.8, 4) is 0 Å². The lowest BCUT2D eigenvalue weighted by Gasteiger charge is -2.35. The van der Waals surface area contributed by atoms with Gasteiger partial charge in [0.25, 0.3) is 5.91 Å². The molecule has 0 saturated carbocycles. The molecular weight excluding hydrogens is 238 g/mol. The van der Waals surface area contributed by atoms with Crippen LogP contribution in [0.15, 0.2) is 18.3 Å². The van der Waals surface area contributed by atoms with Gasteiger partial charge in [-0.3, -0.25) is 9.78 Å². The number of carbonyl (C=O) groups is 1. The molecule has 1 amide bonds. The van der Waals surface area contributed by atoms with Gasteiger partial charge in [-0.25, -0.2) is 0 Å². The Balaban J connectivity index is 1.71. The number of amides is 1. The van der Waals surface area contributed by atoms with E-state index in [0.717, 1.165) is 18.5 Å². The van der Waals surface area contributed by atoms with Gasteiger partial charge in [0.15, 0.2) is 0 Å². The maximum atomic E-state index is 12.5. The monoisotopic (exact) mass is 259 g/mol. The molecule has 2 atom stereocenters. The third kappa shape index (κ3) is 2.50. The minimum atomic E-state index is 0.0961. The van der Waals surface area contributed by atoms with Gasteiger partial charge in [0.05, 0.1) is 5.56 Å². The fourth-order valence-corrected chi connectivity index (χ4v) is 3.31. The number of aryl methyl sites for hydroxylation is 1. The van der Waals surface area contributed by atoms with Crippen molar-refractivity contribution in [2.24, 2.45) is 0 Å². The lowest BCUT2D eigenvalue weighted by molar-refractivity contribution is 0.0681. The summed E-state index contributed by atoms with van der Waals surface area (Å²) < 4.78 is 0. The summed E-state index contributed by atoms with van der Waals surface area (Å²) in [4.78, 5) is 18.6. The molecule has 1 aromatic heterocycles. The summed E-state index contributed by atoms with van der Waals surface area (Å²) in [5, 5.41) is 3.61. The van der Waals surface area contributed by atoms with E-state index in [1.54, 1.807) is 6.20 Å². The molecule has 2 aliphatic rings. The van der Waals surface area contributed by atoms with Gasteiger partial charge in [-0.2, -0.15) is 0 Å². The van der Waals surface area contributed by atoms with Crippen molar-refractivity contribution in [3.05, 3.63) is 29.6 Å². The van der Waals surface area contributed by atoms with Gasteiger partial charge in [-0.1, -0.05) is 0 Å². The number of carbonyl (C=O) groups excluding carboxylic acids is 1. The highest BCUT2D eigenvalue weighted by Crippen LogP contribution is 2.29. The van der Waals surface area contributed by atoms with Crippen LogP contribution in [0.3, 0.4) is 0 Å². The zero-order valence-corrected chi connectivity index (χ0v) is 11.6. The molecule has 2 bridgehead atoms. The van der Waals surface area contributed by atoms with Crippen LogP contribution in [0.4, 0.5) is 0 Å². The summed E-state index contributed by atoms with van der Waals surface area (Å²) in [6, 6.07) is 5.35. The molecule has 0 aliphatic carbocycles. The Labute approximate surface area is 114 Å². The molecule has 3 heterocycles. The van der Waals surface area contributed by atoms with Gasteiger partial charge in [0.2, 0.25) is 0 Å². The number of hydrogen-bond donors (Lipinski definition) is 1. The number of rotatable bonds is 2. The second-order valence-corrected chi connectivity index (χ2v) is 5.87.